The maximum Gasteiger partial charge on any atom is 0.253 e. The number of nitrogens with one attached hydrogen (secondary N) is 2. The molecule has 0 radical (unpaired) electrons. The summed E-state index contributed by atoms with van der Waals surface area (Å²) >= 11 is 0. The van der Waals surface area contributed by atoms with Crippen LogP contribution in [0.4, 0.5) is 5.69 Å². The number of carbonyl (C=O) groups excluding carboxylic acids is 1. The van der Waals surface area contributed by atoms with Gasteiger partial charge in [0.25, 0.3) is 5.91 Å². The Kier molecular flexibility index (Phi) is 2.74. The molecule has 2 saturated carbocycles. The summed E-state index contributed by atoms with van der Waals surface area (Å²) in [5.74, 6) is 6.24. The summed E-state index contributed by atoms with van der Waals surface area (Å²) in [5, 5.41) is 3.06. The van der Waals surface area contributed by atoms with Crippen LogP contribution < -0.4 is 16.6 Å². The summed E-state index contributed by atoms with van der Waals surface area (Å²) in [7, 11) is 0. The van der Waals surface area contributed by atoms with Crippen molar-refractivity contribution in [1.29, 1.82) is 0 Å². The highest BCUT2D eigenvalue weighted by molar-refractivity contribution is 5.99. The molecule has 1 aromatic carbocycles. The molecule has 1 aromatic rings. The van der Waals surface area contributed by atoms with Crippen LogP contribution in [0.1, 0.15) is 36.0 Å². The topological polar surface area (TPSA) is 67.1 Å². The van der Waals surface area contributed by atoms with Crippen LogP contribution in [0.15, 0.2) is 24.3 Å². The van der Waals surface area contributed by atoms with Crippen LogP contribution in [0.2, 0.25) is 0 Å². The highest BCUT2D eigenvalue weighted by atomic mass is 16.1. The number of benzene rings is 1. The highest BCUT2D eigenvalue weighted by Crippen LogP contribution is 2.60. The van der Waals surface area contributed by atoms with E-state index < -0.39 is 0 Å². The Morgan fingerprint density at radius 2 is 2.06 bits per heavy atom. The summed E-state index contributed by atoms with van der Waals surface area (Å²) in [6, 6.07) is 7.31. The van der Waals surface area contributed by atoms with Gasteiger partial charge < -0.3 is 10.7 Å². The first kappa shape index (κ1) is 11.5. The molecule has 2 fully saturated rings. The van der Waals surface area contributed by atoms with E-state index in [1.807, 2.05) is 18.2 Å². The number of rotatable bonds is 5. The van der Waals surface area contributed by atoms with E-state index in [9.17, 15) is 4.79 Å². The Morgan fingerprint density at radius 3 is 2.67 bits per heavy atom. The molecular formula is C14H19N3O. The molecule has 0 atom stereocenters. The minimum Gasteiger partial charge on any atom is -0.351 e. The molecule has 1 amide bonds. The molecule has 2 aliphatic carbocycles. The summed E-state index contributed by atoms with van der Waals surface area (Å²) in [4.78, 5) is 12.1. The van der Waals surface area contributed by atoms with Crippen LogP contribution in [0, 0.1) is 11.3 Å². The zero-order valence-electron chi connectivity index (χ0n) is 10.4. The molecule has 0 unspecified atom stereocenters. The van der Waals surface area contributed by atoms with E-state index >= 15 is 0 Å². The zero-order valence-corrected chi connectivity index (χ0v) is 10.4. The SMILES string of the molecule is NNc1ccccc1C(=O)NCC1(C2CC2)CC1. The first-order valence-electron chi connectivity index (χ1n) is 6.59. The summed E-state index contributed by atoms with van der Waals surface area (Å²) < 4.78 is 0. The first-order chi connectivity index (χ1) is 8.75. The van der Waals surface area contributed by atoms with Crippen molar-refractivity contribution >= 4 is 11.6 Å². The monoisotopic (exact) mass is 245 g/mol. The number of hydrogen-bond acceptors (Lipinski definition) is 3. The number of anilines is 1. The third kappa shape index (κ3) is 2.08. The lowest BCUT2D eigenvalue weighted by atomic mass is 10.0. The van der Waals surface area contributed by atoms with Gasteiger partial charge in [0.1, 0.15) is 0 Å². The molecule has 4 heteroatoms. The van der Waals surface area contributed by atoms with E-state index in [0.717, 1.165) is 12.5 Å². The fourth-order valence-corrected chi connectivity index (χ4v) is 2.74. The molecular weight excluding hydrogens is 226 g/mol. The molecule has 18 heavy (non-hydrogen) atoms. The van der Waals surface area contributed by atoms with Crippen LogP contribution in [-0.4, -0.2) is 12.5 Å². The van der Waals surface area contributed by atoms with E-state index in [-0.39, 0.29) is 5.91 Å². The zero-order chi connectivity index (χ0) is 12.6. The van der Waals surface area contributed by atoms with E-state index in [0.29, 0.717) is 16.7 Å². The molecule has 0 heterocycles. The molecule has 0 aromatic heterocycles. The Hall–Kier alpha value is -1.55. The van der Waals surface area contributed by atoms with E-state index in [1.54, 1.807) is 6.07 Å². The third-order valence-corrected chi connectivity index (χ3v) is 4.26. The predicted octanol–water partition coefficient (Wildman–Crippen LogP) is 1.89. The van der Waals surface area contributed by atoms with Gasteiger partial charge in [-0.3, -0.25) is 10.6 Å². The van der Waals surface area contributed by atoms with Gasteiger partial charge in [-0.2, -0.15) is 0 Å². The quantitative estimate of drug-likeness (QED) is 0.548. The fourth-order valence-electron chi connectivity index (χ4n) is 2.74. The van der Waals surface area contributed by atoms with Crippen molar-refractivity contribution in [2.75, 3.05) is 12.0 Å². The summed E-state index contributed by atoms with van der Waals surface area (Å²) in [6.07, 6.45) is 5.23. The van der Waals surface area contributed by atoms with Gasteiger partial charge >= 0.3 is 0 Å². The minimum atomic E-state index is -0.0320. The van der Waals surface area contributed by atoms with Crippen molar-refractivity contribution in [2.45, 2.75) is 25.7 Å². The molecule has 0 bridgehead atoms. The Balaban J connectivity index is 1.64. The molecule has 3 rings (SSSR count). The van der Waals surface area contributed by atoms with Gasteiger partial charge in [0.05, 0.1) is 11.3 Å². The molecule has 2 aliphatic rings. The molecule has 0 saturated heterocycles. The van der Waals surface area contributed by atoms with Gasteiger partial charge in [0.2, 0.25) is 0 Å². The third-order valence-electron chi connectivity index (χ3n) is 4.26. The molecule has 96 valence electrons. The largest absolute Gasteiger partial charge is 0.351 e. The predicted molar refractivity (Wildman–Crippen MR) is 71.0 cm³/mol. The second-order valence-corrected chi connectivity index (χ2v) is 5.51. The van der Waals surface area contributed by atoms with Gasteiger partial charge in [0, 0.05) is 6.54 Å². The number of hydrogen-bond donors (Lipinski definition) is 3. The number of nitrogen functional groups attached to an aromatic ring is 1. The number of carbonyl (C=O) groups is 1. The summed E-state index contributed by atoms with van der Waals surface area (Å²) in [5.41, 5.74) is 4.28. The van der Waals surface area contributed by atoms with Crippen molar-refractivity contribution in [2.24, 2.45) is 17.2 Å². The Bertz CT molecular complexity index is 464. The number of para-hydroxylation sites is 1. The van der Waals surface area contributed by atoms with Crippen molar-refractivity contribution in [3.8, 4) is 0 Å². The Morgan fingerprint density at radius 1 is 1.33 bits per heavy atom. The molecule has 0 aliphatic heterocycles. The maximum atomic E-state index is 12.1. The van der Waals surface area contributed by atoms with Crippen molar-refractivity contribution in [3.63, 3.8) is 0 Å². The van der Waals surface area contributed by atoms with Gasteiger partial charge in [0.15, 0.2) is 0 Å². The van der Waals surface area contributed by atoms with E-state index in [1.165, 1.54) is 25.7 Å². The van der Waals surface area contributed by atoms with Crippen LogP contribution in [0.5, 0.6) is 0 Å². The highest BCUT2D eigenvalue weighted by Gasteiger charge is 2.53. The lowest BCUT2D eigenvalue weighted by molar-refractivity contribution is 0.0943. The average molecular weight is 245 g/mol. The van der Waals surface area contributed by atoms with Gasteiger partial charge in [-0.15, -0.1) is 0 Å². The first-order valence-corrected chi connectivity index (χ1v) is 6.59. The smallest absolute Gasteiger partial charge is 0.253 e. The van der Waals surface area contributed by atoms with E-state index in [2.05, 4.69) is 10.7 Å². The lowest BCUT2D eigenvalue weighted by Gasteiger charge is -2.16. The van der Waals surface area contributed by atoms with Crippen molar-refractivity contribution < 1.29 is 4.79 Å². The molecule has 0 spiro atoms. The standard InChI is InChI=1S/C14H19N3O/c15-17-12-4-2-1-3-11(12)13(18)16-9-14(7-8-14)10-5-6-10/h1-4,10,17H,5-9,15H2,(H,16,18). The van der Waals surface area contributed by atoms with Crippen LogP contribution >= 0.6 is 0 Å². The van der Waals surface area contributed by atoms with Gasteiger partial charge in [-0.1, -0.05) is 12.1 Å². The van der Waals surface area contributed by atoms with Gasteiger partial charge in [-0.25, -0.2) is 0 Å². The van der Waals surface area contributed by atoms with Crippen molar-refractivity contribution in [1.82, 2.24) is 5.32 Å². The number of hydrazine groups is 1. The second-order valence-electron chi connectivity index (χ2n) is 5.51. The van der Waals surface area contributed by atoms with Crippen molar-refractivity contribution in [3.05, 3.63) is 29.8 Å². The lowest BCUT2D eigenvalue weighted by Crippen LogP contribution is -2.31. The summed E-state index contributed by atoms with van der Waals surface area (Å²) in [6.45, 7) is 0.815. The number of amides is 1. The normalized spacial score (nSPS) is 20.3. The molecule has 4 N–H and O–H groups in total. The minimum absolute atomic E-state index is 0.0320. The van der Waals surface area contributed by atoms with Crippen LogP contribution in [0.3, 0.4) is 0 Å². The van der Waals surface area contributed by atoms with Gasteiger partial charge in [-0.05, 0) is 49.1 Å². The van der Waals surface area contributed by atoms with E-state index in [4.69, 9.17) is 5.84 Å². The second kappa shape index (κ2) is 4.28. The average Bonchev–Trinajstić information content (AvgIpc) is 3.28. The van der Waals surface area contributed by atoms with Crippen LogP contribution in [0.25, 0.3) is 0 Å². The fraction of sp³-hybridized carbons (Fsp3) is 0.500. The maximum absolute atomic E-state index is 12.1. The number of nitrogens with two attached hydrogens (primary N) is 1. The Labute approximate surface area is 107 Å². The molecule has 4 nitrogen and oxygen atoms in total. The van der Waals surface area contributed by atoms with Crippen LogP contribution in [-0.2, 0) is 0 Å².